The first-order valence-corrected chi connectivity index (χ1v) is 9.20. The number of halogens is 3. The van der Waals surface area contributed by atoms with Crippen molar-refractivity contribution in [1.82, 2.24) is 20.5 Å². The smallest absolute Gasteiger partial charge is 0.251 e. The lowest BCUT2D eigenvalue weighted by Gasteiger charge is -2.32. The number of piperidine rings is 1. The van der Waals surface area contributed by atoms with Crippen molar-refractivity contribution in [2.45, 2.75) is 45.6 Å². The third-order valence-electron chi connectivity index (χ3n) is 4.19. The summed E-state index contributed by atoms with van der Waals surface area (Å²) in [5, 5.41) is 7.83. The lowest BCUT2D eigenvalue weighted by molar-refractivity contribution is 0.0744. The van der Waals surface area contributed by atoms with Gasteiger partial charge in [0.1, 0.15) is 0 Å². The molecule has 0 amide bonds. The maximum atomic E-state index is 12.4. The summed E-state index contributed by atoms with van der Waals surface area (Å²) >= 11 is 1.74. The van der Waals surface area contributed by atoms with Gasteiger partial charge in [-0.25, -0.2) is 13.8 Å². The highest BCUT2D eigenvalue weighted by molar-refractivity contribution is 14.0. The molecule has 0 spiro atoms. The molecule has 1 saturated heterocycles. The van der Waals surface area contributed by atoms with Crippen molar-refractivity contribution in [3.8, 4) is 0 Å². The van der Waals surface area contributed by atoms with Crippen molar-refractivity contribution in [3.63, 3.8) is 0 Å². The molecule has 1 aliphatic rings. The fourth-order valence-corrected chi connectivity index (χ4v) is 3.88. The van der Waals surface area contributed by atoms with Gasteiger partial charge >= 0.3 is 0 Å². The number of guanidine groups is 1. The maximum Gasteiger partial charge on any atom is 0.251 e. The van der Waals surface area contributed by atoms with Crippen molar-refractivity contribution < 1.29 is 8.78 Å². The van der Waals surface area contributed by atoms with E-state index in [-0.39, 0.29) is 36.6 Å². The zero-order chi connectivity index (χ0) is 17.5. The van der Waals surface area contributed by atoms with Crippen molar-refractivity contribution in [2.24, 2.45) is 4.99 Å². The number of alkyl halides is 2. The molecule has 1 fully saturated rings. The SMILES string of the molecule is CN=C(NCCc1sc(C)nc1C)NC1CCN(CC(F)F)CC1.I. The van der Waals surface area contributed by atoms with Crippen LogP contribution in [0.1, 0.15) is 28.4 Å². The Balaban J connectivity index is 0.00000312. The second kappa shape index (κ2) is 11.2. The summed E-state index contributed by atoms with van der Waals surface area (Å²) in [6.07, 6.45) is 0.397. The summed E-state index contributed by atoms with van der Waals surface area (Å²) in [6, 6.07) is 0.289. The zero-order valence-electron chi connectivity index (χ0n) is 15.0. The Labute approximate surface area is 169 Å². The largest absolute Gasteiger partial charge is 0.356 e. The first kappa shape index (κ1) is 22.5. The third kappa shape index (κ3) is 7.69. The summed E-state index contributed by atoms with van der Waals surface area (Å²) in [7, 11) is 1.75. The number of rotatable bonds is 6. The summed E-state index contributed by atoms with van der Waals surface area (Å²) in [4.78, 5) is 11.8. The predicted octanol–water partition coefficient (Wildman–Crippen LogP) is 2.81. The highest BCUT2D eigenvalue weighted by atomic mass is 127. The molecular formula is C16H28F2IN5S. The lowest BCUT2D eigenvalue weighted by Crippen LogP contribution is -2.49. The normalized spacial score (nSPS) is 16.8. The van der Waals surface area contributed by atoms with Crippen LogP contribution in [-0.4, -0.2) is 61.5 Å². The van der Waals surface area contributed by atoms with E-state index in [1.54, 1.807) is 18.4 Å². The molecule has 0 aliphatic carbocycles. The molecule has 5 nitrogen and oxygen atoms in total. The molecule has 0 atom stereocenters. The Morgan fingerprint density at radius 3 is 2.56 bits per heavy atom. The minimum atomic E-state index is -2.25. The first-order chi connectivity index (χ1) is 11.5. The monoisotopic (exact) mass is 487 g/mol. The van der Waals surface area contributed by atoms with Crippen LogP contribution in [0.4, 0.5) is 8.78 Å². The Kier molecular flexibility index (Phi) is 10.1. The number of hydrogen-bond acceptors (Lipinski definition) is 4. The number of likely N-dealkylation sites (tertiary alicyclic amines) is 1. The molecule has 1 aliphatic heterocycles. The zero-order valence-corrected chi connectivity index (χ0v) is 18.2. The van der Waals surface area contributed by atoms with Crippen LogP contribution < -0.4 is 10.6 Å². The molecule has 2 rings (SSSR count). The third-order valence-corrected chi connectivity index (χ3v) is 5.32. The van der Waals surface area contributed by atoms with E-state index in [0.717, 1.165) is 42.5 Å². The van der Waals surface area contributed by atoms with Crippen LogP contribution in [0.25, 0.3) is 0 Å². The summed E-state index contributed by atoms with van der Waals surface area (Å²) in [5.41, 5.74) is 1.11. The molecule has 25 heavy (non-hydrogen) atoms. The second-order valence-corrected chi connectivity index (χ2v) is 7.39. The van der Waals surface area contributed by atoms with Gasteiger partial charge in [0.15, 0.2) is 5.96 Å². The molecular weight excluding hydrogens is 459 g/mol. The molecule has 1 aromatic rings. The quantitative estimate of drug-likeness (QED) is 0.368. The van der Waals surface area contributed by atoms with E-state index in [1.165, 1.54) is 4.88 Å². The van der Waals surface area contributed by atoms with Crippen molar-refractivity contribution in [2.75, 3.05) is 33.2 Å². The van der Waals surface area contributed by atoms with Crippen molar-refractivity contribution in [1.29, 1.82) is 0 Å². The number of aliphatic imine (C=N–C) groups is 1. The van der Waals surface area contributed by atoms with Crippen LogP contribution in [0.2, 0.25) is 0 Å². The lowest BCUT2D eigenvalue weighted by atomic mass is 10.1. The van der Waals surface area contributed by atoms with Gasteiger partial charge in [0.25, 0.3) is 6.43 Å². The van der Waals surface area contributed by atoms with Crippen LogP contribution >= 0.6 is 35.3 Å². The number of thiazole rings is 1. The average Bonchev–Trinajstić information content (AvgIpc) is 2.85. The van der Waals surface area contributed by atoms with E-state index < -0.39 is 6.43 Å². The van der Waals surface area contributed by atoms with E-state index >= 15 is 0 Å². The molecule has 9 heteroatoms. The molecule has 2 N–H and O–H groups in total. The van der Waals surface area contributed by atoms with Gasteiger partial charge < -0.3 is 10.6 Å². The summed E-state index contributed by atoms with van der Waals surface area (Å²) < 4.78 is 24.8. The highest BCUT2D eigenvalue weighted by Gasteiger charge is 2.21. The first-order valence-electron chi connectivity index (χ1n) is 8.38. The fourth-order valence-electron chi connectivity index (χ4n) is 2.94. The molecule has 1 aromatic heterocycles. The highest BCUT2D eigenvalue weighted by Crippen LogP contribution is 2.17. The summed E-state index contributed by atoms with van der Waals surface area (Å²) in [6.45, 7) is 6.16. The standard InChI is InChI=1S/C16H27F2N5S.HI/c1-11-14(24-12(2)21-11)4-7-20-16(19-3)22-13-5-8-23(9-6-13)10-15(17)18;/h13,15H,4-10H2,1-3H3,(H2,19,20,22);1H. The molecule has 2 heterocycles. The number of hydrogen-bond donors (Lipinski definition) is 2. The van der Waals surface area contributed by atoms with Gasteiger partial charge in [0.2, 0.25) is 0 Å². The van der Waals surface area contributed by atoms with E-state index in [9.17, 15) is 8.78 Å². The number of nitrogens with zero attached hydrogens (tertiary/aromatic N) is 3. The molecule has 0 bridgehead atoms. The van der Waals surface area contributed by atoms with Crippen LogP contribution in [-0.2, 0) is 6.42 Å². The van der Waals surface area contributed by atoms with Gasteiger partial charge in [0.05, 0.1) is 17.2 Å². The minimum absolute atomic E-state index is 0. The summed E-state index contributed by atoms with van der Waals surface area (Å²) in [5.74, 6) is 0.779. The van der Waals surface area contributed by atoms with Gasteiger partial charge in [-0.3, -0.25) is 9.89 Å². The molecule has 0 saturated carbocycles. The minimum Gasteiger partial charge on any atom is -0.356 e. The fraction of sp³-hybridized carbons (Fsp3) is 0.750. The average molecular weight is 487 g/mol. The number of aromatic nitrogens is 1. The van der Waals surface area contributed by atoms with Gasteiger partial charge in [-0.05, 0) is 26.7 Å². The predicted molar refractivity (Wildman–Crippen MR) is 111 cm³/mol. The molecule has 0 unspecified atom stereocenters. The maximum absolute atomic E-state index is 12.4. The van der Waals surface area contributed by atoms with Crippen molar-refractivity contribution in [3.05, 3.63) is 15.6 Å². The number of nitrogens with one attached hydrogen (secondary N) is 2. The molecule has 0 radical (unpaired) electrons. The Hall–Kier alpha value is -0.550. The van der Waals surface area contributed by atoms with E-state index in [4.69, 9.17) is 0 Å². The van der Waals surface area contributed by atoms with Gasteiger partial charge in [-0.1, -0.05) is 0 Å². The van der Waals surface area contributed by atoms with E-state index in [2.05, 4.69) is 20.6 Å². The van der Waals surface area contributed by atoms with Gasteiger partial charge in [0, 0.05) is 44.0 Å². The molecule has 144 valence electrons. The Morgan fingerprint density at radius 1 is 1.36 bits per heavy atom. The Morgan fingerprint density at radius 2 is 2.04 bits per heavy atom. The van der Waals surface area contributed by atoms with Gasteiger partial charge in [-0.15, -0.1) is 35.3 Å². The second-order valence-electron chi connectivity index (χ2n) is 6.10. The van der Waals surface area contributed by atoms with E-state index in [0.29, 0.717) is 13.1 Å². The van der Waals surface area contributed by atoms with Crippen LogP contribution in [0, 0.1) is 13.8 Å². The Bertz CT molecular complexity index is 545. The molecule has 0 aromatic carbocycles. The van der Waals surface area contributed by atoms with Crippen LogP contribution in [0.15, 0.2) is 4.99 Å². The topological polar surface area (TPSA) is 52.6 Å². The van der Waals surface area contributed by atoms with Crippen LogP contribution in [0.3, 0.4) is 0 Å². The van der Waals surface area contributed by atoms with Crippen LogP contribution in [0.5, 0.6) is 0 Å². The van der Waals surface area contributed by atoms with Crippen molar-refractivity contribution >= 4 is 41.3 Å². The number of aryl methyl sites for hydroxylation is 2. The van der Waals surface area contributed by atoms with E-state index in [1.807, 2.05) is 18.7 Å². The van der Waals surface area contributed by atoms with Gasteiger partial charge in [-0.2, -0.15) is 0 Å².